The molecular weight excluding hydrogens is 159 g/mol. The summed E-state index contributed by atoms with van der Waals surface area (Å²) >= 11 is 0. The van der Waals surface area contributed by atoms with Crippen LogP contribution in [0, 0.1) is 5.82 Å². The third kappa shape index (κ3) is 1.33. The van der Waals surface area contributed by atoms with Crippen molar-refractivity contribution >= 4 is 0 Å². The summed E-state index contributed by atoms with van der Waals surface area (Å²) in [4.78, 5) is 0. The summed E-state index contributed by atoms with van der Waals surface area (Å²) < 4.78 is 17.8. The van der Waals surface area contributed by atoms with Crippen molar-refractivity contribution in [3.8, 4) is 0 Å². The zero-order valence-corrected chi connectivity index (χ0v) is 6.40. The first-order chi connectivity index (χ1) is 5.81. The molecule has 1 N–H and O–H groups in total. The molecule has 1 aromatic rings. The number of ether oxygens (including phenoxy) is 1. The van der Waals surface area contributed by atoms with Gasteiger partial charge in [0, 0.05) is 0 Å². The first-order valence-electron chi connectivity index (χ1n) is 3.83. The number of aliphatic hydroxyl groups excluding tert-OH is 1. The first kappa shape index (κ1) is 7.71. The second-order valence-corrected chi connectivity index (χ2v) is 2.83. The maximum absolute atomic E-state index is 12.7. The van der Waals surface area contributed by atoms with Crippen LogP contribution >= 0.6 is 0 Å². The summed E-state index contributed by atoms with van der Waals surface area (Å²) in [5.74, 6) is -0.264. The lowest BCUT2D eigenvalue weighted by Crippen LogP contribution is -1.94. The summed E-state index contributed by atoms with van der Waals surface area (Å²) in [5.41, 5.74) is 0.800. The summed E-state index contributed by atoms with van der Waals surface area (Å²) in [7, 11) is 0. The largest absolute Gasteiger partial charge is 0.394 e. The van der Waals surface area contributed by atoms with E-state index in [0.29, 0.717) is 0 Å². The van der Waals surface area contributed by atoms with Crippen LogP contribution in [0.15, 0.2) is 24.3 Å². The lowest BCUT2D eigenvalue weighted by Gasteiger charge is -1.94. The molecule has 1 aliphatic rings. The summed E-state index contributed by atoms with van der Waals surface area (Å²) in [5, 5.41) is 8.69. The standard InChI is InChI=1S/C9H9FO2/c10-7-3-1-2-6(4-7)9-8(5-11)12-9/h1-4,8-9,11H,5H2/t8-,9+/m1/s1. The molecule has 2 atom stereocenters. The molecule has 0 unspecified atom stereocenters. The molecule has 12 heavy (non-hydrogen) atoms. The number of rotatable bonds is 2. The lowest BCUT2D eigenvalue weighted by atomic mass is 10.1. The smallest absolute Gasteiger partial charge is 0.123 e. The Morgan fingerprint density at radius 3 is 2.92 bits per heavy atom. The number of halogens is 1. The molecule has 1 saturated heterocycles. The van der Waals surface area contributed by atoms with Crippen molar-refractivity contribution in [2.24, 2.45) is 0 Å². The van der Waals surface area contributed by atoms with Gasteiger partial charge >= 0.3 is 0 Å². The minimum absolute atomic E-state index is 0.00117. The van der Waals surface area contributed by atoms with Crippen molar-refractivity contribution in [2.45, 2.75) is 12.2 Å². The fourth-order valence-corrected chi connectivity index (χ4v) is 1.26. The number of aliphatic hydroxyl groups is 1. The van der Waals surface area contributed by atoms with Gasteiger partial charge in [-0.3, -0.25) is 0 Å². The van der Waals surface area contributed by atoms with Crippen LogP contribution in [-0.2, 0) is 4.74 Å². The van der Waals surface area contributed by atoms with Gasteiger partial charge in [-0.2, -0.15) is 0 Å². The Hall–Kier alpha value is -0.930. The van der Waals surface area contributed by atoms with Crippen molar-refractivity contribution in [3.05, 3.63) is 35.6 Å². The van der Waals surface area contributed by atoms with Crippen LogP contribution < -0.4 is 0 Å². The number of benzene rings is 1. The van der Waals surface area contributed by atoms with E-state index in [-0.39, 0.29) is 24.6 Å². The van der Waals surface area contributed by atoms with E-state index in [0.717, 1.165) is 5.56 Å². The Balaban J connectivity index is 2.14. The molecule has 64 valence electrons. The Morgan fingerprint density at radius 1 is 1.50 bits per heavy atom. The van der Waals surface area contributed by atoms with E-state index in [1.807, 2.05) is 0 Å². The van der Waals surface area contributed by atoms with E-state index in [1.165, 1.54) is 12.1 Å². The van der Waals surface area contributed by atoms with Crippen LogP contribution in [-0.4, -0.2) is 17.8 Å². The molecule has 0 amide bonds. The van der Waals surface area contributed by atoms with Crippen LogP contribution in [0.3, 0.4) is 0 Å². The van der Waals surface area contributed by atoms with Crippen molar-refractivity contribution in [3.63, 3.8) is 0 Å². The third-order valence-electron chi connectivity index (χ3n) is 1.94. The van der Waals surface area contributed by atoms with Gasteiger partial charge in [-0.05, 0) is 17.7 Å². The Morgan fingerprint density at radius 2 is 2.33 bits per heavy atom. The maximum atomic E-state index is 12.7. The van der Waals surface area contributed by atoms with Gasteiger partial charge in [-0.25, -0.2) is 4.39 Å². The molecule has 0 saturated carbocycles. The van der Waals surface area contributed by atoms with Gasteiger partial charge in [0.1, 0.15) is 18.0 Å². The van der Waals surface area contributed by atoms with E-state index in [9.17, 15) is 4.39 Å². The molecule has 1 fully saturated rings. The lowest BCUT2D eigenvalue weighted by molar-refractivity contribution is 0.242. The van der Waals surface area contributed by atoms with Crippen LogP contribution in [0.5, 0.6) is 0 Å². The fraction of sp³-hybridized carbons (Fsp3) is 0.333. The number of epoxide rings is 1. The average molecular weight is 168 g/mol. The van der Waals surface area contributed by atoms with E-state index in [2.05, 4.69) is 0 Å². The van der Waals surface area contributed by atoms with Gasteiger partial charge in [0.25, 0.3) is 0 Å². The van der Waals surface area contributed by atoms with Gasteiger partial charge in [-0.15, -0.1) is 0 Å². The minimum atomic E-state index is -0.264. The van der Waals surface area contributed by atoms with E-state index in [4.69, 9.17) is 9.84 Å². The molecule has 1 aromatic carbocycles. The van der Waals surface area contributed by atoms with Gasteiger partial charge < -0.3 is 9.84 Å². The van der Waals surface area contributed by atoms with E-state index < -0.39 is 0 Å². The highest BCUT2D eigenvalue weighted by molar-refractivity contribution is 5.23. The molecule has 0 bridgehead atoms. The molecule has 0 aliphatic carbocycles. The molecular formula is C9H9FO2. The topological polar surface area (TPSA) is 32.8 Å². The van der Waals surface area contributed by atoms with Gasteiger partial charge in [0.05, 0.1) is 6.61 Å². The molecule has 2 rings (SSSR count). The Labute approximate surface area is 69.6 Å². The molecule has 0 radical (unpaired) electrons. The summed E-state index contributed by atoms with van der Waals surface area (Å²) in [6, 6.07) is 6.25. The second kappa shape index (κ2) is 2.84. The van der Waals surface area contributed by atoms with Crippen molar-refractivity contribution in [1.29, 1.82) is 0 Å². The van der Waals surface area contributed by atoms with Gasteiger partial charge in [0.15, 0.2) is 0 Å². The highest BCUT2D eigenvalue weighted by atomic mass is 19.1. The monoisotopic (exact) mass is 168 g/mol. The number of hydrogen-bond donors (Lipinski definition) is 1. The van der Waals surface area contributed by atoms with Gasteiger partial charge in [0.2, 0.25) is 0 Å². The van der Waals surface area contributed by atoms with E-state index >= 15 is 0 Å². The number of hydrogen-bond acceptors (Lipinski definition) is 2. The first-order valence-corrected chi connectivity index (χ1v) is 3.83. The Kier molecular flexibility index (Phi) is 1.83. The zero-order chi connectivity index (χ0) is 8.55. The molecule has 2 nitrogen and oxygen atoms in total. The minimum Gasteiger partial charge on any atom is -0.394 e. The quantitative estimate of drug-likeness (QED) is 0.674. The highest BCUT2D eigenvalue weighted by Gasteiger charge is 2.39. The van der Waals surface area contributed by atoms with Crippen molar-refractivity contribution in [1.82, 2.24) is 0 Å². The van der Waals surface area contributed by atoms with Crippen LogP contribution in [0.25, 0.3) is 0 Å². The maximum Gasteiger partial charge on any atom is 0.123 e. The van der Waals surface area contributed by atoms with Crippen LogP contribution in [0.2, 0.25) is 0 Å². The highest BCUT2D eigenvalue weighted by Crippen LogP contribution is 2.38. The van der Waals surface area contributed by atoms with Crippen molar-refractivity contribution in [2.75, 3.05) is 6.61 Å². The second-order valence-electron chi connectivity index (χ2n) is 2.83. The predicted octanol–water partition coefficient (Wildman–Crippen LogP) is 1.26. The van der Waals surface area contributed by atoms with Crippen LogP contribution in [0.1, 0.15) is 11.7 Å². The molecule has 1 aliphatic heterocycles. The van der Waals surface area contributed by atoms with Gasteiger partial charge in [-0.1, -0.05) is 12.1 Å². The molecule has 0 spiro atoms. The average Bonchev–Trinajstić information content (AvgIpc) is 2.83. The Bertz CT molecular complexity index is 288. The van der Waals surface area contributed by atoms with Crippen LogP contribution in [0.4, 0.5) is 4.39 Å². The SMILES string of the molecule is OC[C@H]1O[C@H]1c1cccc(F)c1. The van der Waals surface area contributed by atoms with E-state index in [1.54, 1.807) is 12.1 Å². The third-order valence-corrected chi connectivity index (χ3v) is 1.94. The predicted molar refractivity (Wildman–Crippen MR) is 41.1 cm³/mol. The molecule has 1 heterocycles. The molecule has 3 heteroatoms. The summed E-state index contributed by atoms with van der Waals surface area (Å²) in [6.45, 7) is 0.00117. The fourth-order valence-electron chi connectivity index (χ4n) is 1.26. The molecule has 0 aromatic heterocycles. The normalized spacial score (nSPS) is 27.2. The zero-order valence-electron chi connectivity index (χ0n) is 6.40. The summed E-state index contributed by atoms with van der Waals surface area (Å²) in [6.07, 6.45) is -0.238. The van der Waals surface area contributed by atoms with Crippen molar-refractivity contribution < 1.29 is 14.2 Å².